The maximum atomic E-state index is 11.6. The van der Waals surface area contributed by atoms with Crippen LogP contribution in [0.25, 0.3) is 0 Å². The maximum absolute atomic E-state index is 11.6. The van der Waals surface area contributed by atoms with Crippen molar-refractivity contribution in [2.75, 3.05) is 29.6 Å². The first-order chi connectivity index (χ1) is 33.1. The summed E-state index contributed by atoms with van der Waals surface area (Å²) in [6.45, 7) is 25.4. The lowest BCUT2D eigenvalue weighted by Gasteiger charge is -2.26. The van der Waals surface area contributed by atoms with Gasteiger partial charge in [-0.25, -0.2) is 14.4 Å². The van der Waals surface area contributed by atoms with Crippen LogP contribution in [0.4, 0.5) is 34.1 Å². The van der Waals surface area contributed by atoms with Crippen molar-refractivity contribution >= 4 is 52.0 Å². The summed E-state index contributed by atoms with van der Waals surface area (Å²) < 4.78 is 15.6. The minimum atomic E-state index is -0.341. The Hall–Kier alpha value is -7.45. The van der Waals surface area contributed by atoms with E-state index in [4.69, 9.17) is 14.2 Å². The lowest BCUT2D eigenvalue weighted by Crippen LogP contribution is -2.11. The van der Waals surface area contributed by atoms with Gasteiger partial charge in [-0.1, -0.05) is 97.6 Å². The first kappa shape index (κ1) is 52.5. The Balaban J connectivity index is 0.000000266. The molecule has 0 saturated heterocycles. The first-order valence-electron chi connectivity index (χ1n) is 23.6. The topological polar surface area (TPSA) is 85.4 Å². The molecule has 358 valence electrons. The molecule has 0 spiro atoms. The summed E-state index contributed by atoms with van der Waals surface area (Å²) in [5.41, 5.74) is 16.4. The molecule has 0 heterocycles. The highest BCUT2D eigenvalue weighted by Crippen LogP contribution is 2.37. The van der Waals surface area contributed by atoms with E-state index in [0.29, 0.717) is 36.5 Å². The molecule has 0 aromatic heterocycles. The predicted octanol–water partition coefficient (Wildman–Crippen LogP) is 14.7. The Morgan fingerprint density at radius 2 is 0.638 bits per heavy atom. The summed E-state index contributed by atoms with van der Waals surface area (Å²) in [5, 5.41) is 0. The Labute approximate surface area is 410 Å². The minimum absolute atomic E-state index is 0.322. The monoisotopic (exact) mass is 925 g/mol. The van der Waals surface area contributed by atoms with E-state index in [9.17, 15) is 14.4 Å². The normalized spacial score (nSPS) is 10.5. The second-order valence-corrected chi connectivity index (χ2v) is 17.7. The number of hydrogen-bond acceptors (Lipinski definition) is 8. The lowest BCUT2D eigenvalue weighted by molar-refractivity contribution is -0.139. The predicted molar refractivity (Wildman–Crippen MR) is 283 cm³/mol. The molecule has 0 saturated carbocycles. The zero-order valence-electron chi connectivity index (χ0n) is 41.6. The molecule has 0 amide bonds. The van der Waals surface area contributed by atoms with Crippen LogP contribution in [0, 0.1) is 27.7 Å². The number of ether oxygens (including phenoxy) is 3. The Bertz CT molecular complexity index is 2540. The van der Waals surface area contributed by atoms with Crippen molar-refractivity contribution in [1.82, 2.24) is 0 Å². The van der Waals surface area contributed by atoms with E-state index < -0.39 is 0 Å². The number of esters is 3. The fraction of sp³-hybridized carbons (Fsp3) is 0.262. The van der Waals surface area contributed by atoms with Gasteiger partial charge in [0.2, 0.25) is 0 Å². The highest BCUT2D eigenvalue weighted by atomic mass is 16.5. The van der Waals surface area contributed by atoms with Gasteiger partial charge in [0, 0.05) is 50.8 Å². The molecule has 6 aromatic carbocycles. The van der Waals surface area contributed by atoms with Crippen LogP contribution in [0.5, 0.6) is 0 Å². The molecule has 0 atom stereocenters. The molecule has 0 unspecified atom stereocenters. The summed E-state index contributed by atoms with van der Waals surface area (Å²) >= 11 is 0. The molecule has 8 heteroatoms. The number of benzene rings is 6. The molecule has 6 rings (SSSR count). The lowest BCUT2D eigenvalue weighted by atomic mass is 10.1. The van der Waals surface area contributed by atoms with Crippen LogP contribution in [-0.4, -0.2) is 37.7 Å². The average Bonchev–Trinajstić information content (AvgIpc) is 3.34. The second-order valence-electron chi connectivity index (χ2n) is 17.7. The van der Waals surface area contributed by atoms with Gasteiger partial charge < -0.3 is 24.0 Å². The van der Waals surface area contributed by atoms with Crippen LogP contribution in [0.15, 0.2) is 176 Å². The van der Waals surface area contributed by atoms with Gasteiger partial charge in [-0.15, -0.1) is 0 Å². The van der Waals surface area contributed by atoms with Crippen LogP contribution in [0.3, 0.4) is 0 Å². The molecule has 0 bridgehead atoms. The van der Waals surface area contributed by atoms with Crippen molar-refractivity contribution < 1.29 is 28.6 Å². The van der Waals surface area contributed by atoms with E-state index in [2.05, 4.69) is 197 Å². The van der Waals surface area contributed by atoms with Crippen LogP contribution in [0.2, 0.25) is 0 Å². The van der Waals surface area contributed by atoms with E-state index in [1.54, 1.807) is 20.8 Å². The molecule has 0 radical (unpaired) electrons. The molecule has 6 aromatic rings. The smallest absolute Gasteiger partial charge is 0.333 e. The van der Waals surface area contributed by atoms with Gasteiger partial charge >= 0.3 is 17.9 Å². The van der Waals surface area contributed by atoms with Crippen LogP contribution in [0.1, 0.15) is 79.0 Å². The Morgan fingerprint density at radius 1 is 0.377 bits per heavy atom. The van der Waals surface area contributed by atoms with Gasteiger partial charge in [0.15, 0.2) is 0 Å². The van der Waals surface area contributed by atoms with Gasteiger partial charge in [-0.2, -0.15) is 0 Å². The number of anilines is 6. The fourth-order valence-electron chi connectivity index (χ4n) is 7.27. The number of hydrogen-bond donors (Lipinski definition) is 0. The molecule has 0 fully saturated rings. The van der Waals surface area contributed by atoms with E-state index in [1.807, 2.05) is 0 Å². The molecular weight excluding hydrogens is 857 g/mol. The van der Waals surface area contributed by atoms with Crippen molar-refractivity contribution in [3.8, 4) is 0 Å². The fourth-order valence-corrected chi connectivity index (χ4v) is 7.27. The summed E-state index contributed by atoms with van der Waals surface area (Å²) in [6.07, 6.45) is 4.81. The summed E-state index contributed by atoms with van der Waals surface area (Å²) in [4.78, 5) is 39.1. The van der Waals surface area contributed by atoms with E-state index in [0.717, 1.165) is 72.6 Å². The maximum Gasteiger partial charge on any atom is 0.333 e. The number of carbonyl (C=O) groups is 3. The van der Waals surface area contributed by atoms with Crippen LogP contribution in [-0.2, 0) is 47.9 Å². The Morgan fingerprint density at radius 3 is 0.913 bits per heavy atom. The van der Waals surface area contributed by atoms with E-state index in [1.165, 1.54) is 38.9 Å². The zero-order valence-corrected chi connectivity index (χ0v) is 41.6. The van der Waals surface area contributed by atoms with Crippen molar-refractivity contribution in [2.45, 2.75) is 87.0 Å². The number of nitrogens with zero attached hydrogens (tertiary/aromatic N) is 2. The van der Waals surface area contributed by atoms with Crippen molar-refractivity contribution in [2.24, 2.45) is 0 Å². The minimum Gasteiger partial charge on any atom is -0.462 e. The van der Waals surface area contributed by atoms with Gasteiger partial charge in [0.05, 0.1) is 19.8 Å². The van der Waals surface area contributed by atoms with E-state index in [-0.39, 0.29) is 17.9 Å². The standard InChI is InChI=1S/C34H39NO4.C27H29NO2/c1-24(2)33(36)38-21-7-9-28-12-17-30(18-13-28)35(32-16-11-26(5)27(6)23-32)31-19-14-29(15-20-31)10-8-22-39-34(37)25(3)4;1-20(2)27(29)30-19-5-6-23-11-17-26(18-12-23)28(24-13-7-21(3)8-14-24)25-15-9-22(4)10-16-25/h11-20,23H,1,3,7-10,21-22H2,2,4-6H3;7-18H,1,5-6,19H2,2-4H3. The molecule has 0 N–H and O–H groups in total. The van der Waals surface area contributed by atoms with Crippen molar-refractivity contribution in [1.29, 1.82) is 0 Å². The third kappa shape index (κ3) is 16.4. The summed E-state index contributed by atoms with van der Waals surface area (Å²) in [5.74, 6) is -1.00. The Kier molecular flexibility index (Phi) is 19.9. The van der Waals surface area contributed by atoms with Gasteiger partial charge in [-0.05, 0) is 188 Å². The van der Waals surface area contributed by atoms with Crippen LogP contribution >= 0.6 is 0 Å². The number of aryl methyl sites for hydroxylation is 7. The summed E-state index contributed by atoms with van der Waals surface area (Å²) in [6, 6.07) is 49.3. The van der Waals surface area contributed by atoms with Gasteiger partial charge in [0.1, 0.15) is 0 Å². The molecule has 0 aliphatic rings. The molecule has 0 aliphatic heterocycles. The molecule has 69 heavy (non-hydrogen) atoms. The zero-order chi connectivity index (χ0) is 49.9. The highest BCUT2D eigenvalue weighted by molar-refractivity contribution is 5.88. The number of rotatable bonds is 21. The third-order valence-electron chi connectivity index (χ3n) is 11.5. The molecule has 8 nitrogen and oxygen atoms in total. The largest absolute Gasteiger partial charge is 0.462 e. The van der Waals surface area contributed by atoms with Crippen molar-refractivity contribution in [3.63, 3.8) is 0 Å². The second kappa shape index (κ2) is 26.2. The van der Waals surface area contributed by atoms with E-state index >= 15 is 0 Å². The quantitative estimate of drug-likeness (QED) is 0.0305. The SMILES string of the molecule is C=C(C)C(=O)OCCCc1ccc(N(c2ccc(C)cc2)c2ccc(C)cc2)cc1.C=C(C)C(=O)OCCCc1ccc(N(c2ccc(CCCOC(=O)C(=C)C)cc2)c2ccc(C)c(C)c2)cc1. The van der Waals surface area contributed by atoms with Crippen LogP contribution < -0.4 is 9.80 Å². The highest BCUT2D eigenvalue weighted by Gasteiger charge is 2.15. The summed E-state index contributed by atoms with van der Waals surface area (Å²) in [7, 11) is 0. The number of carbonyl (C=O) groups excluding carboxylic acids is 3. The average molecular weight is 925 g/mol. The third-order valence-corrected chi connectivity index (χ3v) is 11.5. The first-order valence-corrected chi connectivity index (χ1v) is 23.6. The van der Waals surface area contributed by atoms with Gasteiger partial charge in [-0.3, -0.25) is 0 Å². The van der Waals surface area contributed by atoms with Crippen molar-refractivity contribution in [3.05, 3.63) is 215 Å². The van der Waals surface area contributed by atoms with Gasteiger partial charge in [0.25, 0.3) is 0 Å². The molecular formula is C61H68N2O6. The molecule has 0 aliphatic carbocycles.